The Morgan fingerprint density at radius 3 is 2.59 bits per heavy atom. The van der Waals surface area contributed by atoms with Gasteiger partial charge in [-0.15, -0.1) is 0 Å². The van der Waals surface area contributed by atoms with E-state index < -0.39 is 0 Å². The molecule has 1 heterocycles. The highest BCUT2D eigenvalue weighted by Gasteiger charge is 2.18. The normalized spacial score (nSPS) is 18.5. The number of fused-ring (bicyclic) bond motifs is 1. The molecule has 0 radical (unpaired) electrons. The fourth-order valence-corrected chi connectivity index (χ4v) is 2.33. The van der Waals surface area contributed by atoms with Gasteiger partial charge in [-0.2, -0.15) is 0 Å². The maximum atomic E-state index is 3.53. The van der Waals surface area contributed by atoms with Gasteiger partial charge in [0, 0.05) is 12.2 Å². The Hall–Kier alpha value is -1.80. The van der Waals surface area contributed by atoms with Gasteiger partial charge in [0.05, 0.1) is 0 Å². The molecular formula is C15H16N2. The summed E-state index contributed by atoms with van der Waals surface area (Å²) in [7, 11) is 0. The van der Waals surface area contributed by atoms with Crippen LogP contribution in [0, 0.1) is 0 Å². The lowest BCUT2D eigenvalue weighted by atomic mass is 9.98. The van der Waals surface area contributed by atoms with Crippen LogP contribution in [-0.4, -0.2) is 6.54 Å². The van der Waals surface area contributed by atoms with Crippen LogP contribution in [0.3, 0.4) is 0 Å². The third-order valence-electron chi connectivity index (χ3n) is 3.19. The summed E-state index contributed by atoms with van der Waals surface area (Å²) in [4.78, 5) is 0. The Bertz CT molecular complexity index is 493. The molecular weight excluding hydrogens is 208 g/mol. The van der Waals surface area contributed by atoms with Gasteiger partial charge < -0.3 is 5.32 Å². The van der Waals surface area contributed by atoms with Gasteiger partial charge >= 0.3 is 0 Å². The maximum Gasteiger partial charge on any atom is 0.103 e. The van der Waals surface area contributed by atoms with Crippen LogP contribution >= 0.6 is 0 Å². The summed E-state index contributed by atoms with van der Waals surface area (Å²) in [5, 5.41) is 7.04. The van der Waals surface area contributed by atoms with E-state index in [-0.39, 0.29) is 6.17 Å². The Morgan fingerprint density at radius 2 is 1.71 bits per heavy atom. The molecule has 2 heteroatoms. The second-order valence-electron chi connectivity index (χ2n) is 4.35. The van der Waals surface area contributed by atoms with E-state index in [2.05, 4.69) is 59.2 Å². The molecule has 0 bridgehead atoms. The van der Waals surface area contributed by atoms with E-state index in [1.54, 1.807) is 0 Å². The minimum atomic E-state index is 0.224. The molecule has 17 heavy (non-hydrogen) atoms. The fourth-order valence-electron chi connectivity index (χ4n) is 2.33. The number of para-hydroxylation sites is 1. The van der Waals surface area contributed by atoms with Gasteiger partial charge in [-0.25, -0.2) is 0 Å². The van der Waals surface area contributed by atoms with Crippen LogP contribution in [0.25, 0.3) is 0 Å². The van der Waals surface area contributed by atoms with Gasteiger partial charge in [-0.1, -0.05) is 42.5 Å². The summed E-state index contributed by atoms with van der Waals surface area (Å²) in [6.45, 7) is 1.03. The van der Waals surface area contributed by atoms with Gasteiger partial charge in [0.1, 0.15) is 6.17 Å². The molecule has 0 aromatic heterocycles. The maximum absolute atomic E-state index is 3.53. The van der Waals surface area contributed by atoms with Crippen molar-refractivity contribution in [3.8, 4) is 0 Å². The van der Waals surface area contributed by atoms with Crippen molar-refractivity contribution < 1.29 is 0 Å². The zero-order valence-corrected chi connectivity index (χ0v) is 9.69. The first-order valence-corrected chi connectivity index (χ1v) is 6.06. The molecule has 1 aliphatic rings. The molecule has 2 aromatic carbocycles. The quantitative estimate of drug-likeness (QED) is 0.819. The minimum absolute atomic E-state index is 0.224. The van der Waals surface area contributed by atoms with E-state index >= 15 is 0 Å². The molecule has 0 fully saturated rings. The summed E-state index contributed by atoms with van der Waals surface area (Å²) < 4.78 is 0. The first-order chi connectivity index (χ1) is 8.43. The van der Waals surface area contributed by atoms with Crippen molar-refractivity contribution in [2.24, 2.45) is 0 Å². The summed E-state index contributed by atoms with van der Waals surface area (Å²) in [5.41, 5.74) is 3.96. The third-order valence-corrected chi connectivity index (χ3v) is 3.19. The van der Waals surface area contributed by atoms with Crippen molar-refractivity contribution in [3.63, 3.8) is 0 Å². The van der Waals surface area contributed by atoms with E-state index in [1.165, 1.54) is 11.1 Å². The second-order valence-corrected chi connectivity index (χ2v) is 4.35. The molecule has 86 valence electrons. The van der Waals surface area contributed by atoms with Crippen LogP contribution in [0.15, 0.2) is 54.6 Å². The SMILES string of the molecule is c1ccc(NC2NCCc3ccccc32)cc1. The third kappa shape index (κ3) is 2.17. The smallest absolute Gasteiger partial charge is 0.103 e. The van der Waals surface area contributed by atoms with Crippen molar-refractivity contribution in [1.82, 2.24) is 5.32 Å². The molecule has 1 aliphatic heterocycles. The Kier molecular flexibility index (Phi) is 2.80. The topological polar surface area (TPSA) is 24.1 Å². The molecule has 3 rings (SSSR count). The Balaban J connectivity index is 1.86. The highest BCUT2D eigenvalue weighted by Crippen LogP contribution is 2.24. The van der Waals surface area contributed by atoms with Crippen molar-refractivity contribution in [1.29, 1.82) is 0 Å². The predicted molar refractivity (Wildman–Crippen MR) is 71.0 cm³/mol. The molecule has 0 aliphatic carbocycles. The molecule has 2 nitrogen and oxygen atoms in total. The van der Waals surface area contributed by atoms with E-state index in [1.807, 2.05) is 6.07 Å². The van der Waals surface area contributed by atoms with E-state index in [0.717, 1.165) is 18.7 Å². The molecule has 2 aromatic rings. The molecule has 0 spiro atoms. The number of hydrogen-bond acceptors (Lipinski definition) is 2. The van der Waals surface area contributed by atoms with Crippen LogP contribution in [-0.2, 0) is 6.42 Å². The number of hydrogen-bond donors (Lipinski definition) is 2. The second kappa shape index (κ2) is 4.60. The Morgan fingerprint density at radius 1 is 0.941 bits per heavy atom. The fraction of sp³-hybridized carbons (Fsp3) is 0.200. The van der Waals surface area contributed by atoms with Gasteiger partial charge in [-0.05, 0) is 29.7 Å². The first kappa shape index (κ1) is 10.4. The van der Waals surface area contributed by atoms with E-state index in [4.69, 9.17) is 0 Å². The zero-order chi connectivity index (χ0) is 11.5. The molecule has 1 atom stereocenters. The highest BCUT2D eigenvalue weighted by molar-refractivity contribution is 5.46. The number of nitrogens with one attached hydrogen (secondary N) is 2. The van der Waals surface area contributed by atoms with Crippen LogP contribution in [0.4, 0.5) is 5.69 Å². The predicted octanol–water partition coefficient (Wildman–Crippen LogP) is 2.94. The van der Waals surface area contributed by atoms with E-state index in [9.17, 15) is 0 Å². The van der Waals surface area contributed by atoms with Gasteiger partial charge in [0.25, 0.3) is 0 Å². The molecule has 0 saturated carbocycles. The minimum Gasteiger partial charge on any atom is -0.366 e. The number of benzene rings is 2. The average molecular weight is 224 g/mol. The van der Waals surface area contributed by atoms with Crippen LogP contribution in [0.1, 0.15) is 17.3 Å². The van der Waals surface area contributed by atoms with Crippen molar-refractivity contribution >= 4 is 5.69 Å². The molecule has 1 unspecified atom stereocenters. The van der Waals surface area contributed by atoms with Gasteiger partial charge in [-0.3, -0.25) is 5.32 Å². The summed E-state index contributed by atoms with van der Waals surface area (Å²) >= 11 is 0. The number of anilines is 1. The zero-order valence-electron chi connectivity index (χ0n) is 9.69. The standard InChI is InChI=1S/C15H16N2/c1-2-7-13(8-3-1)17-15-14-9-5-4-6-12(14)10-11-16-15/h1-9,15-17H,10-11H2. The summed E-state index contributed by atoms with van der Waals surface area (Å²) in [5.74, 6) is 0. The van der Waals surface area contributed by atoms with Crippen LogP contribution in [0.5, 0.6) is 0 Å². The summed E-state index contributed by atoms with van der Waals surface area (Å²) in [6, 6.07) is 19.0. The van der Waals surface area contributed by atoms with Crippen LogP contribution in [0.2, 0.25) is 0 Å². The van der Waals surface area contributed by atoms with Crippen molar-refractivity contribution in [2.75, 3.05) is 11.9 Å². The largest absolute Gasteiger partial charge is 0.366 e. The Labute approximate surface area is 102 Å². The lowest BCUT2D eigenvalue weighted by molar-refractivity contribution is 0.552. The van der Waals surface area contributed by atoms with Gasteiger partial charge in [0.15, 0.2) is 0 Å². The summed E-state index contributed by atoms with van der Waals surface area (Å²) in [6.07, 6.45) is 1.34. The van der Waals surface area contributed by atoms with Gasteiger partial charge in [0.2, 0.25) is 0 Å². The first-order valence-electron chi connectivity index (χ1n) is 6.06. The highest BCUT2D eigenvalue weighted by atomic mass is 15.1. The molecule has 0 saturated heterocycles. The monoisotopic (exact) mass is 224 g/mol. The van der Waals surface area contributed by atoms with Crippen molar-refractivity contribution in [3.05, 3.63) is 65.7 Å². The van der Waals surface area contributed by atoms with Crippen LogP contribution < -0.4 is 10.6 Å². The van der Waals surface area contributed by atoms with E-state index in [0.29, 0.717) is 0 Å². The lowest BCUT2D eigenvalue weighted by Gasteiger charge is -2.28. The molecule has 2 N–H and O–H groups in total. The molecule has 0 amide bonds. The lowest BCUT2D eigenvalue weighted by Crippen LogP contribution is -2.34. The average Bonchev–Trinajstić information content (AvgIpc) is 2.40. The van der Waals surface area contributed by atoms with Crippen molar-refractivity contribution in [2.45, 2.75) is 12.6 Å². The number of rotatable bonds is 2.